The number of anilines is 1. The maximum absolute atomic E-state index is 13.7. The van der Waals surface area contributed by atoms with Crippen LogP contribution < -0.4 is 4.90 Å². The molecule has 1 saturated heterocycles. The maximum atomic E-state index is 13.7. The first-order valence-corrected chi connectivity index (χ1v) is 5.47. The summed E-state index contributed by atoms with van der Waals surface area (Å²) in [6, 6.07) is 2.44. The second-order valence-electron chi connectivity index (χ2n) is 4.41. The van der Waals surface area contributed by atoms with Gasteiger partial charge in [0.05, 0.1) is 11.3 Å². The van der Waals surface area contributed by atoms with Crippen LogP contribution >= 0.6 is 0 Å². The Bertz CT molecular complexity index is 462. The highest BCUT2D eigenvalue weighted by molar-refractivity contribution is 5.88. The minimum atomic E-state index is -1.46. The highest BCUT2D eigenvalue weighted by Gasteiger charge is 2.25. The summed E-state index contributed by atoms with van der Waals surface area (Å²) in [4.78, 5) is 12.4. The summed E-state index contributed by atoms with van der Waals surface area (Å²) in [6.07, 6.45) is 0.932. The average Bonchev–Trinajstić information content (AvgIpc) is 2.68. The maximum Gasteiger partial charge on any atom is 0.338 e. The second kappa shape index (κ2) is 4.31. The van der Waals surface area contributed by atoms with Crippen molar-refractivity contribution < 1.29 is 18.7 Å². The third kappa shape index (κ3) is 2.09. The van der Waals surface area contributed by atoms with Crippen LogP contribution in [0.5, 0.6) is 0 Å². The van der Waals surface area contributed by atoms with E-state index in [1.54, 1.807) is 4.90 Å². The van der Waals surface area contributed by atoms with Crippen molar-refractivity contribution in [1.29, 1.82) is 0 Å². The lowest BCUT2D eigenvalue weighted by atomic mass is 10.1. The smallest absolute Gasteiger partial charge is 0.338 e. The standard InChI is InChI=1S/C12H13F2NO2/c1-7-4-5-15(6-7)9-3-2-8(12(16)17)10(13)11(9)14/h2-3,7H,4-6H2,1H3,(H,16,17). The van der Waals surface area contributed by atoms with Gasteiger partial charge < -0.3 is 10.0 Å². The molecule has 0 radical (unpaired) electrons. The molecule has 3 nitrogen and oxygen atoms in total. The van der Waals surface area contributed by atoms with E-state index in [-0.39, 0.29) is 5.69 Å². The van der Waals surface area contributed by atoms with Crippen LogP contribution in [0, 0.1) is 17.6 Å². The number of nitrogens with zero attached hydrogens (tertiary/aromatic N) is 1. The Morgan fingerprint density at radius 1 is 1.41 bits per heavy atom. The fraction of sp³-hybridized carbons (Fsp3) is 0.417. The van der Waals surface area contributed by atoms with E-state index in [1.807, 2.05) is 6.92 Å². The summed E-state index contributed by atoms with van der Waals surface area (Å²) < 4.78 is 27.2. The van der Waals surface area contributed by atoms with Crippen LogP contribution in [0.4, 0.5) is 14.5 Å². The average molecular weight is 241 g/mol. The summed E-state index contributed by atoms with van der Waals surface area (Å²) in [5.74, 6) is -3.37. The lowest BCUT2D eigenvalue weighted by Crippen LogP contribution is -2.21. The van der Waals surface area contributed by atoms with E-state index in [1.165, 1.54) is 6.07 Å². The summed E-state index contributed by atoms with van der Waals surface area (Å²) in [5, 5.41) is 8.67. The molecule has 1 aliphatic heterocycles. The quantitative estimate of drug-likeness (QED) is 0.864. The van der Waals surface area contributed by atoms with Crippen molar-refractivity contribution >= 4 is 11.7 Å². The van der Waals surface area contributed by atoms with Gasteiger partial charge in [-0.25, -0.2) is 13.6 Å². The fourth-order valence-electron chi connectivity index (χ4n) is 2.10. The molecule has 2 rings (SSSR count). The minimum Gasteiger partial charge on any atom is -0.478 e. The Labute approximate surface area is 97.7 Å². The third-order valence-electron chi connectivity index (χ3n) is 3.06. The zero-order valence-corrected chi connectivity index (χ0v) is 9.41. The lowest BCUT2D eigenvalue weighted by molar-refractivity contribution is 0.0690. The van der Waals surface area contributed by atoms with Crippen molar-refractivity contribution in [3.63, 3.8) is 0 Å². The van der Waals surface area contributed by atoms with Crippen LogP contribution in [0.15, 0.2) is 12.1 Å². The Morgan fingerprint density at radius 2 is 2.12 bits per heavy atom. The molecule has 1 aliphatic rings. The molecule has 1 atom stereocenters. The van der Waals surface area contributed by atoms with Crippen LogP contribution in [-0.4, -0.2) is 24.2 Å². The Balaban J connectivity index is 2.37. The van der Waals surface area contributed by atoms with E-state index < -0.39 is 23.2 Å². The number of hydrogen-bond donors (Lipinski definition) is 1. The summed E-state index contributed by atoms with van der Waals surface area (Å²) in [7, 11) is 0. The minimum absolute atomic E-state index is 0.150. The molecule has 1 N–H and O–H groups in total. The zero-order chi connectivity index (χ0) is 12.6. The van der Waals surface area contributed by atoms with E-state index in [0.29, 0.717) is 19.0 Å². The van der Waals surface area contributed by atoms with E-state index in [2.05, 4.69) is 0 Å². The zero-order valence-electron chi connectivity index (χ0n) is 9.41. The Morgan fingerprint density at radius 3 is 2.65 bits per heavy atom. The molecule has 17 heavy (non-hydrogen) atoms. The van der Waals surface area contributed by atoms with Crippen LogP contribution in [0.3, 0.4) is 0 Å². The molecule has 1 aromatic rings. The van der Waals surface area contributed by atoms with Gasteiger partial charge in [0, 0.05) is 13.1 Å². The first kappa shape index (κ1) is 11.8. The van der Waals surface area contributed by atoms with Gasteiger partial charge in [0.1, 0.15) is 0 Å². The number of aromatic carboxylic acids is 1. The number of benzene rings is 1. The number of carbonyl (C=O) groups is 1. The largest absolute Gasteiger partial charge is 0.478 e. The Kier molecular flexibility index (Phi) is 3.00. The molecular formula is C12H13F2NO2. The molecule has 92 valence electrons. The van der Waals surface area contributed by atoms with E-state index >= 15 is 0 Å². The van der Waals surface area contributed by atoms with Gasteiger partial charge in [-0.3, -0.25) is 0 Å². The predicted molar refractivity (Wildman–Crippen MR) is 59.3 cm³/mol. The lowest BCUT2D eigenvalue weighted by Gasteiger charge is -2.19. The van der Waals surface area contributed by atoms with Gasteiger partial charge in [0.25, 0.3) is 0 Å². The van der Waals surface area contributed by atoms with Crippen molar-refractivity contribution in [3.8, 4) is 0 Å². The van der Waals surface area contributed by atoms with Gasteiger partial charge in [0.2, 0.25) is 0 Å². The molecule has 1 fully saturated rings. The molecule has 0 aliphatic carbocycles. The van der Waals surface area contributed by atoms with Crippen molar-refractivity contribution in [2.45, 2.75) is 13.3 Å². The predicted octanol–water partition coefficient (Wildman–Crippen LogP) is 2.51. The first-order chi connectivity index (χ1) is 8.00. The van der Waals surface area contributed by atoms with Crippen LogP contribution in [-0.2, 0) is 0 Å². The van der Waals surface area contributed by atoms with Crippen molar-refractivity contribution in [2.75, 3.05) is 18.0 Å². The van der Waals surface area contributed by atoms with Crippen molar-refractivity contribution in [3.05, 3.63) is 29.3 Å². The second-order valence-corrected chi connectivity index (χ2v) is 4.41. The third-order valence-corrected chi connectivity index (χ3v) is 3.06. The van der Waals surface area contributed by atoms with Crippen LogP contribution in [0.2, 0.25) is 0 Å². The molecule has 1 heterocycles. The van der Waals surface area contributed by atoms with Gasteiger partial charge in [-0.2, -0.15) is 0 Å². The van der Waals surface area contributed by atoms with Crippen LogP contribution in [0.1, 0.15) is 23.7 Å². The van der Waals surface area contributed by atoms with Gasteiger partial charge in [0.15, 0.2) is 11.6 Å². The fourth-order valence-corrected chi connectivity index (χ4v) is 2.10. The molecule has 0 bridgehead atoms. The van der Waals surface area contributed by atoms with E-state index in [0.717, 1.165) is 12.5 Å². The monoisotopic (exact) mass is 241 g/mol. The van der Waals surface area contributed by atoms with Gasteiger partial charge in [-0.15, -0.1) is 0 Å². The summed E-state index contributed by atoms with van der Waals surface area (Å²) in [5.41, 5.74) is -0.477. The molecule has 1 unspecified atom stereocenters. The highest BCUT2D eigenvalue weighted by atomic mass is 19.2. The summed E-state index contributed by atoms with van der Waals surface area (Å²) >= 11 is 0. The molecule has 0 aromatic heterocycles. The normalized spacial score (nSPS) is 19.7. The molecule has 0 saturated carbocycles. The van der Waals surface area contributed by atoms with E-state index in [4.69, 9.17) is 5.11 Å². The molecule has 1 aromatic carbocycles. The number of carboxylic acids is 1. The van der Waals surface area contributed by atoms with Gasteiger partial charge in [-0.1, -0.05) is 6.92 Å². The van der Waals surface area contributed by atoms with Gasteiger partial charge in [-0.05, 0) is 24.5 Å². The topological polar surface area (TPSA) is 40.5 Å². The highest BCUT2D eigenvalue weighted by Crippen LogP contribution is 2.28. The van der Waals surface area contributed by atoms with Crippen LogP contribution in [0.25, 0.3) is 0 Å². The van der Waals surface area contributed by atoms with Crippen molar-refractivity contribution in [1.82, 2.24) is 0 Å². The van der Waals surface area contributed by atoms with Gasteiger partial charge >= 0.3 is 5.97 Å². The number of rotatable bonds is 2. The molecule has 0 amide bonds. The molecule has 5 heteroatoms. The number of hydrogen-bond acceptors (Lipinski definition) is 2. The number of carboxylic acid groups (broad SMARTS) is 1. The first-order valence-electron chi connectivity index (χ1n) is 5.47. The Hall–Kier alpha value is -1.65. The summed E-state index contributed by atoms with van der Waals surface area (Å²) in [6.45, 7) is 3.38. The van der Waals surface area contributed by atoms with Crippen molar-refractivity contribution in [2.24, 2.45) is 5.92 Å². The number of halogens is 2. The SMILES string of the molecule is CC1CCN(c2ccc(C(=O)O)c(F)c2F)C1. The molecular weight excluding hydrogens is 228 g/mol. The molecule has 0 spiro atoms. The van der Waals surface area contributed by atoms with E-state index in [9.17, 15) is 13.6 Å².